The molecule has 0 radical (unpaired) electrons. The molecule has 0 aliphatic carbocycles. The maximum atomic E-state index is 13.4. The van der Waals surface area contributed by atoms with Crippen molar-refractivity contribution in [3.63, 3.8) is 0 Å². The minimum atomic E-state index is -10.2. The molecule has 2 unspecified atom stereocenters. The number of carbonyl (C=O) groups excluding carboxylic acids is 2. The van der Waals surface area contributed by atoms with Gasteiger partial charge in [0.1, 0.15) is 10.6 Å². The Balaban J connectivity index is 2.12. The van der Waals surface area contributed by atoms with Crippen LogP contribution < -0.4 is 4.74 Å². The number of alkyl halides is 3. The van der Waals surface area contributed by atoms with Crippen LogP contribution in [0.3, 0.4) is 0 Å². The van der Waals surface area contributed by atoms with Crippen LogP contribution in [-0.2, 0) is 23.8 Å². The number of unbranched alkanes of at least 4 members (excludes halogenated alkanes) is 1. The van der Waals surface area contributed by atoms with Crippen molar-refractivity contribution in [2.75, 3.05) is 13.2 Å². The van der Waals surface area contributed by atoms with Gasteiger partial charge in [0.25, 0.3) is 5.09 Å². The summed E-state index contributed by atoms with van der Waals surface area (Å²) >= 11 is 0. The van der Waals surface area contributed by atoms with Crippen molar-refractivity contribution >= 4 is 28.4 Å². The number of hydrogen-bond acceptors (Lipinski definition) is 9. The van der Waals surface area contributed by atoms with E-state index < -0.39 is 67.8 Å². The van der Waals surface area contributed by atoms with E-state index in [1.165, 1.54) is 0 Å². The number of halogens is 8. The number of fused-ring (bicyclic) bond motifs is 1. The van der Waals surface area contributed by atoms with E-state index in [1.54, 1.807) is 0 Å². The Morgan fingerprint density at radius 3 is 2.30 bits per heavy atom. The number of rotatable bonds is 10. The van der Waals surface area contributed by atoms with Crippen LogP contribution >= 0.6 is 10.2 Å². The molecule has 2 atom stereocenters. The van der Waals surface area contributed by atoms with Crippen molar-refractivity contribution in [1.82, 2.24) is 0 Å². The van der Waals surface area contributed by atoms with Gasteiger partial charge < -0.3 is 23.8 Å². The second-order valence-corrected chi connectivity index (χ2v) is 9.67. The van der Waals surface area contributed by atoms with E-state index in [0.717, 1.165) is 6.92 Å². The lowest BCUT2D eigenvalue weighted by molar-refractivity contribution is -0.757. The fourth-order valence-corrected chi connectivity index (χ4v) is 3.42. The SMILES string of the molecule is CC(OC(=O)OCCCCO[N+](=O)[O-])OC(=O)C1=Cc2cc(S(F)(F)(F)(F)F)ccc2OC1C(F)(F)F. The molecule has 19 heteroatoms. The Bertz CT molecular complexity index is 1090. The van der Waals surface area contributed by atoms with Crippen molar-refractivity contribution in [2.24, 2.45) is 0 Å². The number of nitrogens with zero attached hydrogens (tertiary/aromatic N) is 1. The number of esters is 1. The quantitative estimate of drug-likeness (QED) is 0.0815. The average Bonchev–Trinajstić information content (AvgIpc) is 2.72. The van der Waals surface area contributed by atoms with Crippen LogP contribution in [0.5, 0.6) is 5.75 Å². The van der Waals surface area contributed by atoms with Crippen LogP contribution in [0.15, 0.2) is 28.7 Å². The zero-order valence-corrected chi connectivity index (χ0v) is 19.2. The topological polar surface area (TPSA) is 123 Å². The molecule has 0 saturated carbocycles. The van der Waals surface area contributed by atoms with Gasteiger partial charge in [0.05, 0.1) is 18.8 Å². The molecule has 0 fully saturated rings. The highest BCUT2D eigenvalue weighted by Gasteiger charge is 2.65. The minimum Gasteiger partial charge on any atom is -0.475 e. The number of carbonyl (C=O) groups is 2. The first-order valence-electron chi connectivity index (χ1n) is 9.82. The molecule has 1 aliphatic heterocycles. The van der Waals surface area contributed by atoms with Gasteiger partial charge in [-0.15, -0.1) is 10.1 Å². The lowest BCUT2D eigenvalue weighted by Crippen LogP contribution is -2.41. The first-order valence-corrected chi connectivity index (χ1v) is 11.8. The molecule has 1 aliphatic rings. The van der Waals surface area contributed by atoms with E-state index >= 15 is 0 Å². The predicted octanol–water partition coefficient (Wildman–Crippen LogP) is 6.08. The van der Waals surface area contributed by atoms with Gasteiger partial charge in [-0.1, -0.05) is 19.4 Å². The molecule has 1 aromatic rings. The maximum Gasteiger partial charge on any atom is 0.511 e. The van der Waals surface area contributed by atoms with Crippen LogP contribution in [0.25, 0.3) is 6.08 Å². The maximum absolute atomic E-state index is 13.4. The monoisotopic (exact) mass is 575 g/mol. The summed E-state index contributed by atoms with van der Waals surface area (Å²) in [7, 11) is -10.2. The van der Waals surface area contributed by atoms with E-state index in [1.807, 2.05) is 0 Å². The lowest BCUT2D eigenvalue weighted by Gasteiger charge is -2.41. The smallest absolute Gasteiger partial charge is 0.475 e. The van der Waals surface area contributed by atoms with Gasteiger partial charge >= 0.3 is 28.5 Å². The third-order valence-corrected chi connectivity index (χ3v) is 5.43. The predicted molar refractivity (Wildman–Crippen MR) is 106 cm³/mol. The van der Waals surface area contributed by atoms with Crippen molar-refractivity contribution in [3.05, 3.63) is 39.4 Å². The van der Waals surface area contributed by atoms with Gasteiger partial charge in [-0.2, -0.15) is 13.2 Å². The standard InChI is InChI=1S/C18H17F8NO9S/c1-10(35-17(29)32-6-2-3-7-33-27(30)31)34-16(28)13-9-11-8-12(37(22,23,24,25)26)4-5-14(11)36-15(13)18(19,20)21/h4-5,8-10,15H,2-3,6-7H2,1H3. The number of ether oxygens (including phenoxy) is 4. The van der Waals surface area contributed by atoms with Gasteiger partial charge in [0.2, 0.25) is 12.4 Å². The first kappa shape index (κ1) is 29.7. The summed E-state index contributed by atoms with van der Waals surface area (Å²) in [6.45, 7) is 0.280. The summed E-state index contributed by atoms with van der Waals surface area (Å²) in [4.78, 5) is 35.4. The lowest BCUT2D eigenvalue weighted by atomic mass is 10.0. The van der Waals surface area contributed by atoms with Crippen molar-refractivity contribution in [3.8, 4) is 5.75 Å². The Hall–Kier alpha value is -3.51. The van der Waals surface area contributed by atoms with Gasteiger partial charge in [0, 0.05) is 12.5 Å². The van der Waals surface area contributed by atoms with E-state index in [9.17, 15) is 52.3 Å². The van der Waals surface area contributed by atoms with E-state index in [4.69, 9.17) is 0 Å². The molecule has 210 valence electrons. The Labute approximate surface area is 201 Å². The van der Waals surface area contributed by atoms with Gasteiger partial charge in [-0.3, -0.25) is 0 Å². The van der Waals surface area contributed by atoms with Crippen molar-refractivity contribution in [2.45, 2.75) is 43.2 Å². The summed E-state index contributed by atoms with van der Waals surface area (Å²) in [5, 5.41) is 8.93. The normalized spacial score (nSPS) is 18.1. The summed E-state index contributed by atoms with van der Waals surface area (Å²) < 4.78 is 124. The average molecular weight is 575 g/mol. The first-order chi connectivity index (χ1) is 16.7. The molecule has 0 amide bonds. The number of hydrogen-bond donors (Lipinski definition) is 0. The molecule has 0 spiro atoms. The van der Waals surface area contributed by atoms with E-state index in [0.29, 0.717) is 0 Å². The number of benzene rings is 1. The van der Waals surface area contributed by atoms with Gasteiger partial charge in [-0.25, -0.2) is 9.59 Å². The van der Waals surface area contributed by atoms with Crippen LogP contribution in [-0.4, -0.2) is 49.0 Å². The van der Waals surface area contributed by atoms with Crippen LogP contribution in [0.2, 0.25) is 0 Å². The Kier molecular flexibility index (Phi) is 7.83. The van der Waals surface area contributed by atoms with E-state index in [-0.39, 0.29) is 50.3 Å². The van der Waals surface area contributed by atoms with Gasteiger partial charge in [-0.05, 0) is 37.1 Å². The van der Waals surface area contributed by atoms with E-state index in [2.05, 4.69) is 23.8 Å². The molecule has 2 rings (SSSR count). The molecule has 10 nitrogen and oxygen atoms in total. The minimum absolute atomic E-state index is 0.0922. The summed E-state index contributed by atoms with van der Waals surface area (Å²) in [6.07, 6.45) is -11.2. The highest BCUT2D eigenvalue weighted by atomic mass is 32.5. The molecular weight excluding hydrogens is 558 g/mol. The second-order valence-electron chi connectivity index (χ2n) is 7.26. The van der Waals surface area contributed by atoms with Crippen molar-refractivity contribution < 1.29 is 71.1 Å². The summed E-state index contributed by atoms with van der Waals surface area (Å²) in [5.41, 5.74) is -2.32. The van der Waals surface area contributed by atoms with Crippen LogP contribution in [0.4, 0.5) is 37.4 Å². The van der Waals surface area contributed by atoms with Crippen LogP contribution in [0.1, 0.15) is 25.3 Å². The fraction of sp³-hybridized carbons (Fsp3) is 0.444. The summed E-state index contributed by atoms with van der Waals surface area (Å²) in [5.74, 6) is -2.70. The molecule has 0 saturated heterocycles. The van der Waals surface area contributed by atoms with Crippen LogP contribution in [0, 0.1) is 10.1 Å². The zero-order chi connectivity index (χ0) is 28.3. The fourth-order valence-electron chi connectivity index (χ4n) is 2.74. The summed E-state index contributed by atoms with van der Waals surface area (Å²) in [6, 6.07) is -0.0716. The van der Waals surface area contributed by atoms with Crippen molar-refractivity contribution in [1.29, 1.82) is 0 Å². The molecule has 1 heterocycles. The van der Waals surface area contributed by atoms with Gasteiger partial charge in [0.15, 0.2) is 0 Å². The molecule has 37 heavy (non-hydrogen) atoms. The Morgan fingerprint density at radius 1 is 1.11 bits per heavy atom. The molecular formula is C18H17F8NO9S. The highest BCUT2D eigenvalue weighted by molar-refractivity contribution is 8.45. The molecule has 0 N–H and O–H groups in total. The highest BCUT2D eigenvalue weighted by Crippen LogP contribution is 3.02. The third-order valence-electron chi connectivity index (χ3n) is 4.29. The Morgan fingerprint density at radius 2 is 1.73 bits per heavy atom. The third kappa shape index (κ3) is 8.83. The molecule has 1 aromatic carbocycles. The second kappa shape index (κ2) is 9.75. The molecule has 0 bridgehead atoms. The largest absolute Gasteiger partial charge is 0.511 e. The molecule has 0 aromatic heterocycles. The zero-order valence-electron chi connectivity index (χ0n) is 18.3.